The third-order valence-corrected chi connectivity index (χ3v) is 7.93. The maximum Gasteiger partial charge on any atom is 0.339 e. The highest BCUT2D eigenvalue weighted by atomic mass is 127. The van der Waals surface area contributed by atoms with Crippen molar-refractivity contribution in [1.29, 1.82) is 0 Å². The summed E-state index contributed by atoms with van der Waals surface area (Å²) in [5.41, 5.74) is 0.497. The SMILES string of the molecule is CC(C)(C#Cc1ccc(I)cc1)OC(=O)c1ccc([S+](c2ccccc2)c2ccccc2)cc1. The molecule has 0 fully saturated rings. The standard InChI is InChI=1S/C30H24IO2S/c1-30(2,22-21-23-13-17-25(31)18-14-23)33-29(32)24-15-19-28(20-16-24)34(26-9-5-3-6-10-26)27-11-7-4-8-12-27/h3-20H,1-2H3/q+1. The molecule has 0 heterocycles. The van der Waals surface area contributed by atoms with Crippen molar-refractivity contribution >= 4 is 39.5 Å². The summed E-state index contributed by atoms with van der Waals surface area (Å²) < 4.78 is 6.88. The quantitative estimate of drug-likeness (QED) is 0.108. The number of esters is 1. The van der Waals surface area contributed by atoms with E-state index in [-0.39, 0.29) is 16.9 Å². The van der Waals surface area contributed by atoms with Crippen LogP contribution in [0.25, 0.3) is 0 Å². The smallest absolute Gasteiger partial charge is 0.339 e. The third-order valence-electron chi connectivity index (χ3n) is 4.98. The lowest BCUT2D eigenvalue weighted by atomic mass is 10.1. The van der Waals surface area contributed by atoms with E-state index in [4.69, 9.17) is 4.74 Å². The number of ether oxygens (including phenoxy) is 1. The maximum absolute atomic E-state index is 12.8. The van der Waals surface area contributed by atoms with Gasteiger partial charge in [0, 0.05) is 9.13 Å². The Hall–Kier alpha value is -3.01. The number of halogens is 1. The predicted octanol–water partition coefficient (Wildman–Crippen LogP) is 7.37. The minimum atomic E-state index is -0.906. The monoisotopic (exact) mass is 575 g/mol. The van der Waals surface area contributed by atoms with Crippen molar-refractivity contribution < 1.29 is 9.53 Å². The van der Waals surface area contributed by atoms with Gasteiger partial charge in [-0.3, -0.25) is 0 Å². The van der Waals surface area contributed by atoms with Crippen LogP contribution in [0.1, 0.15) is 29.8 Å². The minimum absolute atomic E-state index is 0.256. The number of benzene rings is 4. The average molecular weight is 575 g/mol. The van der Waals surface area contributed by atoms with E-state index >= 15 is 0 Å². The molecular weight excluding hydrogens is 551 g/mol. The minimum Gasteiger partial charge on any atom is -0.443 e. The summed E-state index contributed by atoms with van der Waals surface area (Å²) in [6.45, 7) is 3.61. The van der Waals surface area contributed by atoms with Crippen LogP contribution in [0.4, 0.5) is 0 Å². The van der Waals surface area contributed by atoms with Crippen LogP contribution in [-0.2, 0) is 15.6 Å². The molecule has 4 aromatic rings. The Bertz CT molecular complexity index is 1260. The van der Waals surface area contributed by atoms with Crippen LogP contribution in [-0.4, -0.2) is 11.6 Å². The molecule has 2 nitrogen and oxygen atoms in total. The number of carbonyl (C=O) groups excluding carboxylic acids is 1. The second kappa shape index (κ2) is 10.9. The van der Waals surface area contributed by atoms with Gasteiger partial charge in [0.25, 0.3) is 0 Å². The molecule has 0 saturated heterocycles. The Morgan fingerprint density at radius 3 is 1.76 bits per heavy atom. The van der Waals surface area contributed by atoms with Crippen molar-refractivity contribution in [1.82, 2.24) is 0 Å². The summed E-state index contributed by atoms with van der Waals surface area (Å²) in [4.78, 5) is 16.5. The van der Waals surface area contributed by atoms with Gasteiger partial charge in [-0.2, -0.15) is 0 Å². The lowest BCUT2D eigenvalue weighted by Gasteiger charge is -2.19. The molecule has 0 aliphatic rings. The van der Waals surface area contributed by atoms with Gasteiger partial charge in [0.15, 0.2) is 20.3 Å². The lowest BCUT2D eigenvalue weighted by molar-refractivity contribution is 0.0204. The van der Waals surface area contributed by atoms with Crippen molar-refractivity contribution in [2.45, 2.75) is 34.1 Å². The van der Waals surface area contributed by atoms with E-state index in [0.29, 0.717) is 5.56 Å². The molecule has 0 atom stereocenters. The van der Waals surface area contributed by atoms with Crippen LogP contribution in [0.5, 0.6) is 0 Å². The van der Waals surface area contributed by atoms with E-state index in [0.717, 1.165) is 14.0 Å². The fourth-order valence-corrected chi connectivity index (χ4v) is 5.76. The van der Waals surface area contributed by atoms with Crippen molar-refractivity contribution in [3.05, 3.63) is 124 Å². The third kappa shape index (κ3) is 6.31. The first-order chi connectivity index (χ1) is 16.4. The molecular formula is C30H24IO2S+. The second-order valence-corrected chi connectivity index (χ2v) is 11.4. The van der Waals surface area contributed by atoms with Crippen molar-refractivity contribution in [2.24, 2.45) is 0 Å². The summed E-state index contributed by atoms with van der Waals surface area (Å²) in [7, 11) is -0.256. The molecule has 0 unspecified atom stereocenters. The van der Waals surface area contributed by atoms with Gasteiger partial charge in [-0.25, -0.2) is 4.79 Å². The molecule has 34 heavy (non-hydrogen) atoms. The molecule has 0 saturated carbocycles. The lowest BCUT2D eigenvalue weighted by Crippen LogP contribution is -2.26. The zero-order valence-corrected chi connectivity index (χ0v) is 22.0. The molecule has 168 valence electrons. The topological polar surface area (TPSA) is 26.3 Å². The summed E-state index contributed by atoms with van der Waals surface area (Å²) in [6, 6.07) is 36.5. The molecule has 0 radical (unpaired) electrons. The predicted molar refractivity (Wildman–Crippen MR) is 147 cm³/mol. The first kappa shape index (κ1) is 24.1. The number of rotatable bonds is 5. The van der Waals surface area contributed by atoms with Crippen molar-refractivity contribution in [3.63, 3.8) is 0 Å². The Kier molecular flexibility index (Phi) is 7.77. The first-order valence-electron chi connectivity index (χ1n) is 10.9. The van der Waals surface area contributed by atoms with E-state index < -0.39 is 5.60 Å². The Morgan fingerprint density at radius 2 is 1.24 bits per heavy atom. The van der Waals surface area contributed by atoms with Crippen LogP contribution in [0.2, 0.25) is 0 Å². The van der Waals surface area contributed by atoms with E-state index in [1.165, 1.54) is 9.79 Å². The average Bonchev–Trinajstić information content (AvgIpc) is 2.85. The van der Waals surface area contributed by atoms with Gasteiger partial charge in [0.1, 0.15) is 0 Å². The van der Waals surface area contributed by atoms with Crippen LogP contribution >= 0.6 is 22.6 Å². The molecule has 4 heteroatoms. The van der Waals surface area contributed by atoms with Crippen LogP contribution < -0.4 is 0 Å². The maximum atomic E-state index is 12.8. The molecule has 0 amide bonds. The molecule has 4 aromatic carbocycles. The van der Waals surface area contributed by atoms with Gasteiger partial charge in [-0.05, 0) is 109 Å². The summed E-state index contributed by atoms with van der Waals surface area (Å²) >= 11 is 2.26. The Balaban J connectivity index is 1.53. The largest absolute Gasteiger partial charge is 0.443 e. The van der Waals surface area contributed by atoms with E-state index in [9.17, 15) is 4.79 Å². The molecule has 0 spiro atoms. The molecule has 0 aromatic heterocycles. The molecule has 0 N–H and O–H groups in total. The Labute approximate surface area is 217 Å². The van der Waals surface area contributed by atoms with Gasteiger partial charge in [-0.15, -0.1) is 0 Å². The van der Waals surface area contributed by atoms with Gasteiger partial charge in [0.2, 0.25) is 0 Å². The van der Waals surface area contributed by atoms with Gasteiger partial charge < -0.3 is 4.74 Å². The molecule has 0 bridgehead atoms. The van der Waals surface area contributed by atoms with Crippen LogP contribution in [0.3, 0.4) is 0 Å². The van der Waals surface area contributed by atoms with Gasteiger partial charge >= 0.3 is 5.97 Å². The normalized spacial score (nSPS) is 10.9. The van der Waals surface area contributed by atoms with E-state index in [1.54, 1.807) is 13.8 Å². The van der Waals surface area contributed by atoms with Crippen LogP contribution in [0, 0.1) is 15.4 Å². The number of carbonyl (C=O) groups is 1. The van der Waals surface area contributed by atoms with Crippen molar-refractivity contribution in [3.8, 4) is 11.8 Å². The second-order valence-electron chi connectivity index (χ2n) is 8.11. The fraction of sp³-hybridized carbons (Fsp3) is 0.100. The molecule has 0 aliphatic carbocycles. The van der Waals surface area contributed by atoms with Gasteiger partial charge in [0.05, 0.1) is 16.5 Å². The van der Waals surface area contributed by atoms with Crippen LogP contribution in [0.15, 0.2) is 124 Å². The van der Waals surface area contributed by atoms with Crippen molar-refractivity contribution in [2.75, 3.05) is 0 Å². The summed E-state index contributed by atoms with van der Waals surface area (Å²) in [6.07, 6.45) is 0. The van der Waals surface area contributed by atoms with Gasteiger partial charge in [-0.1, -0.05) is 48.2 Å². The first-order valence-corrected chi connectivity index (χ1v) is 13.2. The molecule has 0 aliphatic heterocycles. The highest BCUT2D eigenvalue weighted by Gasteiger charge is 2.29. The number of hydrogen-bond acceptors (Lipinski definition) is 2. The number of hydrogen-bond donors (Lipinski definition) is 0. The summed E-state index contributed by atoms with van der Waals surface area (Å²) in [5.74, 6) is 5.79. The molecule has 4 rings (SSSR count). The summed E-state index contributed by atoms with van der Waals surface area (Å²) in [5, 5.41) is 0. The zero-order chi connectivity index (χ0) is 24.0. The fourth-order valence-electron chi connectivity index (χ4n) is 3.32. The Morgan fingerprint density at radius 1 is 0.735 bits per heavy atom. The highest BCUT2D eigenvalue weighted by Crippen LogP contribution is 2.31. The highest BCUT2D eigenvalue weighted by molar-refractivity contribution is 14.1. The van der Waals surface area contributed by atoms with E-state index in [1.807, 2.05) is 60.7 Å². The zero-order valence-electron chi connectivity index (χ0n) is 19.0. The van der Waals surface area contributed by atoms with E-state index in [2.05, 4.69) is 83.0 Å².